The lowest BCUT2D eigenvalue weighted by Crippen LogP contribution is -2.46. The first-order valence-corrected chi connectivity index (χ1v) is 7.05. The Morgan fingerprint density at radius 3 is 1.65 bits per heavy atom. The van der Waals surface area contributed by atoms with Crippen molar-refractivity contribution in [3.8, 4) is 0 Å². The highest BCUT2D eigenvalue weighted by molar-refractivity contribution is 5.86. The standard InChI is InChI=1S/C10H17NO4.C5H11NO2/c1-8(2)10(14)15-6-5-11(3,4)7-9(12)13;1-6(2,3)4-5(7)8/h1,5-7H2,2-4H3;4H2,1-3H3/p+2. The largest absolute Gasteiger partial charge is 0.477 e. The first-order chi connectivity index (χ1) is 10.2. The Hall–Kier alpha value is -1.93. The summed E-state index contributed by atoms with van der Waals surface area (Å²) in [5.74, 6) is -2.06. The fraction of sp³-hybridized carbons (Fsp3) is 0.667. The molecule has 134 valence electrons. The number of hydrogen-bond donors (Lipinski definition) is 2. The summed E-state index contributed by atoms with van der Waals surface area (Å²) in [7, 11) is 9.06. The van der Waals surface area contributed by atoms with Gasteiger partial charge in [0, 0.05) is 5.57 Å². The predicted octanol–water partition coefficient (Wildman–Crippen LogP) is 0.0439. The fourth-order valence-corrected chi connectivity index (χ4v) is 1.36. The molecule has 0 fully saturated rings. The van der Waals surface area contributed by atoms with E-state index in [2.05, 4.69) is 6.58 Å². The van der Waals surface area contributed by atoms with Gasteiger partial charge >= 0.3 is 17.9 Å². The van der Waals surface area contributed by atoms with Gasteiger partial charge in [-0.05, 0) is 6.92 Å². The van der Waals surface area contributed by atoms with E-state index in [4.69, 9.17) is 14.9 Å². The molecular formula is C15H30N2O6+2. The molecule has 0 aliphatic carbocycles. The summed E-state index contributed by atoms with van der Waals surface area (Å²) in [5.41, 5.74) is 0.346. The second-order valence-electron chi connectivity index (χ2n) is 6.97. The molecule has 0 amide bonds. The van der Waals surface area contributed by atoms with Crippen molar-refractivity contribution in [2.75, 3.05) is 61.5 Å². The van der Waals surface area contributed by atoms with Crippen LogP contribution in [0.4, 0.5) is 0 Å². The van der Waals surface area contributed by atoms with Gasteiger partial charge in [0.1, 0.15) is 13.2 Å². The minimum atomic E-state index is -0.869. The van der Waals surface area contributed by atoms with Crippen LogP contribution in [0.2, 0.25) is 0 Å². The van der Waals surface area contributed by atoms with Gasteiger partial charge in [-0.15, -0.1) is 0 Å². The normalized spacial score (nSPS) is 11.0. The van der Waals surface area contributed by atoms with Crippen molar-refractivity contribution in [2.24, 2.45) is 0 Å². The van der Waals surface area contributed by atoms with Gasteiger partial charge in [0.15, 0.2) is 13.1 Å². The van der Waals surface area contributed by atoms with Crippen LogP contribution in [0.25, 0.3) is 0 Å². The summed E-state index contributed by atoms with van der Waals surface area (Å²) in [6.45, 7) is 5.86. The molecule has 0 heterocycles. The maximum atomic E-state index is 11.0. The van der Waals surface area contributed by atoms with Gasteiger partial charge in [0.05, 0.1) is 35.2 Å². The maximum Gasteiger partial charge on any atom is 0.359 e. The number of quaternary nitrogens is 2. The second-order valence-corrected chi connectivity index (χ2v) is 6.97. The lowest BCUT2D eigenvalue weighted by Gasteiger charge is -2.27. The van der Waals surface area contributed by atoms with Crippen molar-refractivity contribution in [2.45, 2.75) is 6.92 Å². The number of carbonyl (C=O) groups is 3. The van der Waals surface area contributed by atoms with E-state index in [1.807, 2.05) is 21.1 Å². The van der Waals surface area contributed by atoms with Crippen molar-refractivity contribution in [3.63, 3.8) is 0 Å². The summed E-state index contributed by atoms with van der Waals surface area (Å²) in [4.78, 5) is 31.5. The SMILES string of the molecule is C=C(C)C(=O)OCC[N+](C)(C)CC(=O)O.C[N+](C)(C)CC(=O)O. The van der Waals surface area contributed by atoms with Crippen LogP contribution >= 0.6 is 0 Å². The van der Waals surface area contributed by atoms with Crippen LogP contribution in [-0.2, 0) is 19.1 Å². The number of hydrogen-bond acceptors (Lipinski definition) is 4. The van der Waals surface area contributed by atoms with Gasteiger partial charge in [-0.3, -0.25) is 0 Å². The fourth-order valence-electron chi connectivity index (χ4n) is 1.36. The number of likely N-dealkylation sites (N-methyl/N-ethyl adjacent to an activating group) is 2. The Morgan fingerprint density at radius 1 is 0.957 bits per heavy atom. The van der Waals surface area contributed by atoms with Gasteiger partial charge in [-0.25, -0.2) is 14.4 Å². The zero-order valence-corrected chi connectivity index (χ0v) is 15.0. The van der Waals surface area contributed by atoms with E-state index in [0.29, 0.717) is 16.6 Å². The number of ether oxygens (including phenoxy) is 1. The van der Waals surface area contributed by atoms with Gasteiger partial charge in [-0.2, -0.15) is 0 Å². The summed E-state index contributed by atoms with van der Waals surface area (Å²) in [6.07, 6.45) is 0. The number of aliphatic carboxylic acids is 2. The average molecular weight is 334 g/mol. The molecule has 0 bridgehead atoms. The Morgan fingerprint density at radius 2 is 1.39 bits per heavy atom. The highest BCUT2D eigenvalue weighted by atomic mass is 16.5. The Bertz CT molecular complexity index is 438. The van der Waals surface area contributed by atoms with Crippen LogP contribution in [0.1, 0.15) is 6.92 Å². The van der Waals surface area contributed by atoms with E-state index in [1.165, 1.54) is 0 Å². The molecule has 0 aromatic carbocycles. The molecule has 0 unspecified atom stereocenters. The molecule has 0 aromatic heterocycles. The molecule has 8 heteroatoms. The number of carboxylic acid groups (broad SMARTS) is 2. The van der Waals surface area contributed by atoms with Gasteiger partial charge in [-0.1, -0.05) is 6.58 Å². The van der Waals surface area contributed by atoms with Crippen molar-refractivity contribution in [1.82, 2.24) is 0 Å². The minimum absolute atomic E-state index is 0.00459. The topological polar surface area (TPSA) is 101 Å². The molecule has 0 aliphatic heterocycles. The Balaban J connectivity index is 0. The zero-order valence-electron chi connectivity index (χ0n) is 15.0. The van der Waals surface area contributed by atoms with Crippen molar-refractivity contribution < 1.29 is 38.3 Å². The molecular weight excluding hydrogens is 304 g/mol. The third-order valence-electron chi connectivity index (χ3n) is 2.45. The molecule has 0 atom stereocenters. The maximum absolute atomic E-state index is 11.0. The quantitative estimate of drug-likeness (QED) is 0.369. The minimum Gasteiger partial charge on any atom is -0.477 e. The van der Waals surface area contributed by atoms with E-state index in [-0.39, 0.29) is 24.2 Å². The third-order valence-corrected chi connectivity index (χ3v) is 2.45. The number of nitrogens with zero attached hydrogens (tertiary/aromatic N) is 2. The summed E-state index contributed by atoms with van der Waals surface area (Å²) in [6, 6.07) is 0. The third kappa shape index (κ3) is 18.0. The summed E-state index contributed by atoms with van der Waals surface area (Å²) < 4.78 is 5.63. The molecule has 0 saturated carbocycles. The van der Waals surface area contributed by atoms with E-state index in [1.54, 1.807) is 21.0 Å². The highest BCUT2D eigenvalue weighted by Gasteiger charge is 2.19. The molecule has 0 spiro atoms. The van der Waals surface area contributed by atoms with Crippen LogP contribution in [0.3, 0.4) is 0 Å². The van der Waals surface area contributed by atoms with Crippen molar-refractivity contribution >= 4 is 17.9 Å². The molecule has 0 aliphatic rings. The number of carbonyl (C=O) groups excluding carboxylic acids is 1. The van der Waals surface area contributed by atoms with Crippen LogP contribution in [0, 0.1) is 0 Å². The molecule has 23 heavy (non-hydrogen) atoms. The van der Waals surface area contributed by atoms with E-state index in [9.17, 15) is 14.4 Å². The van der Waals surface area contributed by atoms with Gasteiger partial charge in [0.2, 0.25) is 0 Å². The molecule has 0 rings (SSSR count). The van der Waals surface area contributed by atoms with Crippen molar-refractivity contribution in [3.05, 3.63) is 12.2 Å². The highest BCUT2D eigenvalue weighted by Crippen LogP contribution is 1.98. The van der Waals surface area contributed by atoms with Gasteiger partial charge in [0.25, 0.3) is 0 Å². The number of carboxylic acids is 2. The predicted molar refractivity (Wildman–Crippen MR) is 85.8 cm³/mol. The molecule has 2 N–H and O–H groups in total. The monoisotopic (exact) mass is 334 g/mol. The van der Waals surface area contributed by atoms with E-state index in [0.717, 1.165) is 0 Å². The molecule has 8 nitrogen and oxygen atoms in total. The lowest BCUT2D eigenvalue weighted by molar-refractivity contribution is -0.883. The van der Waals surface area contributed by atoms with Crippen LogP contribution in [-0.4, -0.2) is 98.6 Å². The van der Waals surface area contributed by atoms with Crippen LogP contribution < -0.4 is 0 Å². The molecule has 0 saturated heterocycles. The summed E-state index contributed by atoms with van der Waals surface area (Å²) in [5, 5.41) is 16.8. The van der Waals surface area contributed by atoms with Gasteiger partial charge < -0.3 is 23.9 Å². The molecule has 0 aromatic rings. The van der Waals surface area contributed by atoms with Crippen molar-refractivity contribution in [1.29, 1.82) is 0 Å². The first-order valence-electron chi connectivity index (χ1n) is 7.05. The Kier molecular flexibility index (Phi) is 10.1. The van der Waals surface area contributed by atoms with Crippen LogP contribution in [0.5, 0.6) is 0 Å². The molecule has 0 radical (unpaired) electrons. The van der Waals surface area contributed by atoms with Crippen LogP contribution in [0.15, 0.2) is 12.2 Å². The smallest absolute Gasteiger partial charge is 0.359 e. The first kappa shape index (κ1) is 23.3. The second kappa shape index (κ2) is 9.96. The number of rotatable bonds is 8. The summed E-state index contributed by atoms with van der Waals surface area (Å²) >= 11 is 0. The number of esters is 1. The Labute approximate surface area is 137 Å². The van der Waals surface area contributed by atoms with E-state index < -0.39 is 17.9 Å². The lowest BCUT2D eigenvalue weighted by atomic mass is 10.4. The zero-order chi connectivity index (χ0) is 18.8. The average Bonchev–Trinajstić information content (AvgIpc) is 2.23. The van der Waals surface area contributed by atoms with E-state index >= 15 is 0 Å².